The van der Waals surface area contributed by atoms with E-state index in [0.29, 0.717) is 22.7 Å². The molecule has 2 aromatic carbocycles. The Bertz CT molecular complexity index is 1150. The van der Waals surface area contributed by atoms with Crippen LogP contribution in [0.4, 0.5) is 10.5 Å². The molecule has 1 fully saturated rings. The maximum Gasteiger partial charge on any atom is 0.294 e. The van der Waals surface area contributed by atoms with Gasteiger partial charge in [0.2, 0.25) is 5.91 Å². The number of nitriles is 1. The van der Waals surface area contributed by atoms with Crippen molar-refractivity contribution in [3.63, 3.8) is 0 Å². The molecule has 0 aliphatic carbocycles. The zero-order valence-corrected chi connectivity index (χ0v) is 18.6. The summed E-state index contributed by atoms with van der Waals surface area (Å²) in [7, 11) is 1.46. The highest BCUT2D eigenvalue weighted by Crippen LogP contribution is 2.34. The van der Waals surface area contributed by atoms with Crippen molar-refractivity contribution in [2.45, 2.75) is 13.8 Å². The summed E-state index contributed by atoms with van der Waals surface area (Å²) in [5.74, 6) is -0.222. The lowest BCUT2D eigenvalue weighted by Gasteiger charge is -2.13. The molecule has 3 amide bonds. The van der Waals surface area contributed by atoms with Gasteiger partial charge in [-0.25, -0.2) is 0 Å². The van der Waals surface area contributed by atoms with E-state index in [1.54, 1.807) is 30.3 Å². The summed E-state index contributed by atoms with van der Waals surface area (Å²) in [6.45, 7) is 3.40. The van der Waals surface area contributed by atoms with Crippen LogP contribution < -0.4 is 14.8 Å². The average molecular weight is 452 g/mol. The molecule has 32 heavy (non-hydrogen) atoms. The van der Waals surface area contributed by atoms with Gasteiger partial charge >= 0.3 is 0 Å². The second-order valence-corrected chi connectivity index (χ2v) is 7.97. The third kappa shape index (κ3) is 5.28. The van der Waals surface area contributed by atoms with Crippen LogP contribution in [-0.2, 0) is 9.59 Å². The third-order valence-electron chi connectivity index (χ3n) is 4.74. The first-order valence-electron chi connectivity index (χ1n) is 9.62. The van der Waals surface area contributed by atoms with Crippen molar-refractivity contribution in [1.82, 2.24) is 4.90 Å². The molecular weight excluding hydrogens is 430 g/mol. The van der Waals surface area contributed by atoms with Gasteiger partial charge in [0.05, 0.1) is 12.0 Å². The predicted octanol–water partition coefficient (Wildman–Crippen LogP) is 3.89. The first-order valence-corrected chi connectivity index (χ1v) is 10.4. The highest BCUT2D eigenvalue weighted by molar-refractivity contribution is 8.18. The highest BCUT2D eigenvalue weighted by Gasteiger charge is 2.36. The molecule has 1 aliphatic heterocycles. The van der Waals surface area contributed by atoms with Crippen molar-refractivity contribution >= 4 is 40.6 Å². The number of anilines is 1. The lowest BCUT2D eigenvalue weighted by atomic mass is 10.1. The first-order chi connectivity index (χ1) is 15.3. The number of carbonyl (C=O) groups is 3. The molecule has 1 N–H and O–H groups in total. The number of thioether (sulfide) groups is 1. The molecule has 0 unspecified atom stereocenters. The fourth-order valence-electron chi connectivity index (χ4n) is 2.95. The number of aryl methyl sites for hydroxylation is 2. The standard InChI is InChI=1S/C23H21N3O5S/c1-14-4-6-17(10-15(14)2)25-21(27)13-26-22(28)20(32-23(26)29)12-16-5-7-18(31-9-8-24)19(11-16)30-3/h4-7,10-12H,9,13H2,1-3H3,(H,25,27). The van der Waals surface area contributed by atoms with Crippen LogP contribution in [0.5, 0.6) is 11.5 Å². The molecule has 1 aliphatic rings. The van der Waals surface area contributed by atoms with Gasteiger partial charge in [-0.15, -0.1) is 0 Å². The Kier molecular flexibility index (Phi) is 7.18. The molecule has 9 heteroatoms. The van der Waals surface area contributed by atoms with Crippen molar-refractivity contribution in [1.29, 1.82) is 5.26 Å². The minimum absolute atomic E-state index is 0.126. The molecular formula is C23H21N3O5S. The maximum absolute atomic E-state index is 12.7. The van der Waals surface area contributed by atoms with Gasteiger partial charge in [-0.05, 0) is 72.6 Å². The van der Waals surface area contributed by atoms with E-state index in [0.717, 1.165) is 27.8 Å². The summed E-state index contributed by atoms with van der Waals surface area (Å²) in [6, 6.07) is 12.3. The zero-order valence-electron chi connectivity index (χ0n) is 17.8. The van der Waals surface area contributed by atoms with E-state index in [1.807, 2.05) is 32.0 Å². The Morgan fingerprint density at radius 1 is 1.16 bits per heavy atom. The van der Waals surface area contributed by atoms with Crippen LogP contribution in [0, 0.1) is 25.2 Å². The monoisotopic (exact) mass is 451 g/mol. The summed E-state index contributed by atoms with van der Waals surface area (Å²) in [5.41, 5.74) is 3.33. The quantitative estimate of drug-likeness (QED) is 0.636. The fourth-order valence-corrected chi connectivity index (χ4v) is 3.79. The Morgan fingerprint density at radius 2 is 1.94 bits per heavy atom. The minimum Gasteiger partial charge on any atom is -0.493 e. The van der Waals surface area contributed by atoms with Gasteiger partial charge in [0.15, 0.2) is 18.1 Å². The average Bonchev–Trinajstić information content (AvgIpc) is 3.02. The van der Waals surface area contributed by atoms with E-state index < -0.39 is 17.1 Å². The number of ether oxygens (including phenoxy) is 2. The molecule has 2 aromatic rings. The van der Waals surface area contributed by atoms with Gasteiger partial charge in [-0.3, -0.25) is 19.3 Å². The summed E-state index contributed by atoms with van der Waals surface area (Å²) < 4.78 is 10.5. The Balaban J connectivity index is 1.71. The van der Waals surface area contributed by atoms with Crippen molar-refractivity contribution in [3.05, 3.63) is 58.0 Å². The van der Waals surface area contributed by atoms with Crippen LogP contribution in [0.2, 0.25) is 0 Å². The van der Waals surface area contributed by atoms with Gasteiger partial charge in [-0.1, -0.05) is 12.1 Å². The van der Waals surface area contributed by atoms with Gasteiger partial charge in [0.25, 0.3) is 11.1 Å². The van der Waals surface area contributed by atoms with E-state index in [-0.39, 0.29) is 18.1 Å². The van der Waals surface area contributed by atoms with Crippen LogP contribution in [0.25, 0.3) is 6.08 Å². The number of nitrogens with one attached hydrogen (secondary N) is 1. The van der Waals surface area contributed by atoms with E-state index in [1.165, 1.54) is 7.11 Å². The number of imide groups is 1. The topological polar surface area (TPSA) is 109 Å². The molecule has 0 bridgehead atoms. The molecule has 164 valence electrons. The van der Waals surface area contributed by atoms with E-state index in [2.05, 4.69) is 5.32 Å². The van der Waals surface area contributed by atoms with Crippen LogP contribution in [0.1, 0.15) is 16.7 Å². The first kappa shape index (κ1) is 22.9. The molecule has 3 rings (SSSR count). The number of carbonyl (C=O) groups excluding carboxylic acids is 3. The highest BCUT2D eigenvalue weighted by atomic mass is 32.2. The van der Waals surface area contributed by atoms with E-state index >= 15 is 0 Å². The summed E-state index contributed by atoms with van der Waals surface area (Å²) in [5, 5.41) is 10.8. The zero-order chi connectivity index (χ0) is 23.3. The molecule has 0 radical (unpaired) electrons. The molecule has 1 saturated heterocycles. The van der Waals surface area contributed by atoms with Crippen LogP contribution in [0.15, 0.2) is 41.3 Å². The van der Waals surface area contributed by atoms with Gasteiger partial charge in [-0.2, -0.15) is 5.26 Å². The van der Waals surface area contributed by atoms with E-state index in [4.69, 9.17) is 14.7 Å². The normalized spacial score (nSPS) is 14.4. The maximum atomic E-state index is 12.7. The van der Waals surface area contributed by atoms with Crippen LogP contribution >= 0.6 is 11.8 Å². The van der Waals surface area contributed by atoms with Gasteiger partial charge in [0.1, 0.15) is 12.6 Å². The van der Waals surface area contributed by atoms with Crippen molar-refractivity contribution in [2.75, 3.05) is 25.6 Å². The van der Waals surface area contributed by atoms with Crippen molar-refractivity contribution < 1.29 is 23.9 Å². The molecule has 1 heterocycles. The second-order valence-electron chi connectivity index (χ2n) is 6.97. The molecule has 8 nitrogen and oxygen atoms in total. The number of rotatable bonds is 7. The molecule has 0 aromatic heterocycles. The Labute approximate surface area is 189 Å². The number of nitrogens with zero attached hydrogens (tertiary/aromatic N) is 2. The number of hydrogen-bond donors (Lipinski definition) is 1. The third-order valence-corrected chi connectivity index (χ3v) is 5.65. The van der Waals surface area contributed by atoms with Crippen molar-refractivity contribution in [2.24, 2.45) is 0 Å². The SMILES string of the molecule is COc1cc(C=C2SC(=O)N(CC(=O)Nc3ccc(C)c(C)c3)C2=O)ccc1OCC#N. The molecule has 0 atom stereocenters. The van der Waals surface area contributed by atoms with Gasteiger partial charge < -0.3 is 14.8 Å². The minimum atomic E-state index is -0.543. The summed E-state index contributed by atoms with van der Waals surface area (Å²) in [6.07, 6.45) is 1.54. The van der Waals surface area contributed by atoms with E-state index in [9.17, 15) is 14.4 Å². The van der Waals surface area contributed by atoms with Crippen molar-refractivity contribution in [3.8, 4) is 17.6 Å². The largest absolute Gasteiger partial charge is 0.493 e. The molecule has 0 saturated carbocycles. The Morgan fingerprint density at radius 3 is 2.62 bits per heavy atom. The van der Waals surface area contributed by atoms with Crippen LogP contribution in [-0.4, -0.2) is 42.2 Å². The lowest BCUT2D eigenvalue weighted by Crippen LogP contribution is -2.36. The molecule has 0 spiro atoms. The van der Waals surface area contributed by atoms with Gasteiger partial charge in [0, 0.05) is 5.69 Å². The second kappa shape index (κ2) is 10.0. The number of hydrogen-bond acceptors (Lipinski definition) is 7. The lowest BCUT2D eigenvalue weighted by molar-refractivity contribution is -0.127. The summed E-state index contributed by atoms with van der Waals surface area (Å²) in [4.78, 5) is 38.5. The number of amides is 3. The number of benzene rings is 2. The smallest absolute Gasteiger partial charge is 0.294 e. The Hall–Kier alpha value is -3.77. The summed E-state index contributed by atoms with van der Waals surface area (Å²) >= 11 is 0.764. The fraction of sp³-hybridized carbons (Fsp3) is 0.217. The van der Waals surface area contributed by atoms with Crippen LogP contribution in [0.3, 0.4) is 0 Å². The predicted molar refractivity (Wildman–Crippen MR) is 121 cm³/mol. The number of methoxy groups -OCH3 is 1.